The lowest BCUT2D eigenvalue weighted by molar-refractivity contribution is -0.122. The van der Waals surface area contributed by atoms with Crippen molar-refractivity contribution in [3.8, 4) is 0 Å². The molecule has 0 bridgehead atoms. The van der Waals surface area contributed by atoms with E-state index in [0.29, 0.717) is 6.54 Å². The zero-order valence-electron chi connectivity index (χ0n) is 14.6. The zero-order valence-corrected chi connectivity index (χ0v) is 14.6. The van der Waals surface area contributed by atoms with Gasteiger partial charge < -0.3 is 19.4 Å². The standard InChI is InChI=1S/C19H23N5O/c1-22-10-15(18-9-20-13-23(18)2)16(11-22)21-19(25)12-24-8-7-14-5-3-4-6-17(14)24/h3-9,13,15-16H,10-12H2,1-2H3,(H,21,25)/t15-,16-/m1/s1. The van der Waals surface area contributed by atoms with E-state index in [-0.39, 0.29) is 17.9 Å². The Bertz CT molecular complexity index is 896. The molecule has 2 aromatic heterocycles. The summed E-state index contributed by atoms with van der Waals surface area (Å²) in [4.78, 5) is 19.1. The summed E-state index contributed by atoms with van der Waals surface area (Å²) in [5, 5.41) is 4.39. The van der Waals surface area contributed by atoms with Gasteiger partial charge in [0, 0.05) is 49.7 Å². The lowest BCUT2D eigenvalue weighted by atomic mass is 10.00. The van der Waals surface area contributed by atoms with Crippen molar-refractivity contribution in [2.45, 2.75) is 18.5 Å². The van der Waals surface area contributed by atoms with Crippen molar-refractivity contribution in [3.63, 3.8) is 0 Å². The van der Waals surface area contributed by atoms with Crippen LogP contribution < -0.4 is 5.32 Å². The second-order valence-corrected chi connectivity index (χ2v) is 6.93. The second-order valence-electron chi connectivity index (χ2n) is 6.93. The van der Waals surface area contributed by atoms with Gasteiger partial charge in [-0.05, 0) is 24.6 Å². The number of likely N-dealkylation sites (tertiary alicyclic amines) is 1. The van der Waals surface area contributed by atoms with Gasteiger partial charge in [-0.2, -0.15) is 0 Å². The van der Waals surface area contributed by atoms with E-state index in [1.165, 1.54) is 5.69 Å². The van der Waals surface area contributed by atoms with Crippen LogP contribution >= 0.6 is 0 Å². The molecular formula is C19H23N5O. The fraction of sp³-hybridized carbons (Fsp3) is 0.368. The van der Waals surface area contributed by atoms with E-state index in [9.17, 15) is 4.79 Å². The van der Waals surface area contributed by atoms with Gasteiger partial charge in [0.05, 0.1) is 12.4 Å². The predicted molar refractivity (Wildman–Crippen MR) is 97.3 cm³/mol. The number of hydrogen-bond donors (Lipinski definition) is 1. The molecule has 130 valence electrons. The second kappa shape index (κ2) is 6.37. The summed E-state index contributed by atoms with van der Waals surface area (Å²) in [5.41, 5.74) is 2.26. The third-order valence-corrected chi connectivity index (χ3v) is 5.08. The molecule has 2 atom stereocenters. The molecule has 0 radical (unpaired) electrons. The van der Waals surface area contributed by atoms with Crippen LogP contribution in [0, 0.1) is 0 Å². The molecule has 1 aliphatic rings. The van der Waals surface area contributed by atoms with Gasteiger partial charge >= 0.3 is 0 Å². The fourth-order valence-corrected chi connectivity index (χ4v) is 3.86. The number of aryl methyl sites for hydroxylation is 1. The van der Waals surface area contributed by atoms with Crippen molar-refractivity contribution in [2.24, 2.45) is 7.05 Å². The topological polar surface area (TPSA) is 55.1 Å². The number of amides is 1. The Morgan fingerprint density at radius 1 is 1.24 bits per heavy atom. The molecule has 6 nitrogen and oxygen atoms in total. The summed E-state index contributed by atoms with van der Waals surface area (Å²) < 4.78 is 4.05. The van der Waals surface area contributed by atoms with E-state index in [1.54, 1.807) is 0 Å². The molecule has 6 heteroatoms. The molecule has 4 rings (SSSR count). The van der Waals surface area contributed by atoms with Gasteiger partial charge in [0.1, 0.15) is 6.54 Å². The number of carbonyl (C=O) groups excluding carboxylic acids is 1. The van der Waals surface area contributed by atoms with Gasteiger partial charge in [-0.15, -0.1) is 0 Å². The van der Waals surface area contributed by atoms with E-state index in [0.717, 1.165) is 24.0 Å². The lowest BCUT2D eigenvalue weighted by Gasteiger charge is -2.20. The first-order valence-corrected chi connectivity index (χ1v) is 8.60. The molecule has 1 fully saturated rings. The average Bonchev–Trinajstić information content (AvgIpc) is 3.27. The van der Waals surface area contributed by atoms with Crippen molar-refractivity contribution in [3.05, 3.63) is 54.7 Å². The molecule has 3 aromatic rings. The average molecular weight is 337 g/mol. The van der Waals surface area contributed by atoms with Gasteiger partial charge in [0.25, 0.3) is 0 Å². The van der Waals surface area contributed by atoms with Gasteiger partial charge in [-0.1, -0.05) is 18.2 Å². The molecule has 0 spiro atoms. The quantitative estimate of drug-likeness (QED) is 0.787. The van der Waals surface area contributed by atoms with Crippen LogP contribution in [0.25, 0.3) is 10.9 Å². The maximum atomic E-state index is 12.6. The maximum Gasteiger partial charge on any atom is 0.240 e. The first-order valence-electron chi connectivity index (χ1n) is 8.60. The Morgan fingerprint density at radius 2 is 2.08 bits per heavy atom. The largest absolute Gasteiger partial charge is 0.350 e. The van der Waals surface area contributed by atoms with Crippen LogP contribution in [0.15, 0.2) is 49.1 Å². The Balaban J connectivity index is 1.49. The Morgan fingerprint density at radius 3 is 2.88 bits per heavy atom. The van der Waals surface area contributed by atoms with Crippen molar-refractivity contribution >= 4 is 16.8 Å². The highest BCUT2D eigenvalue weighted by Crippen LogP contribution is 2.26. The number of nitrogens with one attached hydrogen (secondary N) is 1. The molecule has 25 heavy (non-hydrogen) atoms. The van der Waals surface area contributed by atoms with Crippen molar-refractivity contribution in [1.82, 2.24) is 24.3 Å². The van der Waals surface area contributed by atoms with Gasteiger partial charge in [-0.25, -0.2) is 4.98 Å². The number of aromatic nitrogens is 3. The summed E-state index contributed by atoms with van der Waals surface area (Å²) in [5.74, 6) is 0.316. The number of likely N-dealkylation sites (N-methyl/N-ethyl adjacent to an activating group) is 1. The summed E-state index contributed by atoms with van der Waals surface area (Å²) in [6.45, 7) is 2.12. The first kappa shape index (κ1) is 15.9. The molecule has 0 saturated carbocycles. The van der Waals surface area contributed by atoms with Gasteiger partial charge in [-0.3, -0.25) is 4.79 Å². The zero-order chi connectivity index (χ0) is 17.4. The monoisotopic (exact) mass is 337 g/mol. The van der Waals surface area contributed by atoms with E-state index >= 15 is 0 Å². The summed E-state index contributed by atoms with van der Waals surface area (Å²) in [7, 11) is 4.10. The third kappa shape index (κ3) is 3.05. The highest BCUT2D eigenvalue weighted by Gasteiger charge is 2.34. The van der Waals surface area contributed by atoms with Crippen LogP contribution in [0.3, 0.4) is 0 Å². The molecule has 0 aliphatic carbocycles. The molecule has 1 N–H and O–H groups in total. The molecule has 3 heterocycles. The highest BCUT2D eigenvalue weighted by molar-refractivity contribution is 5.83. The summed E-state index contributed by atoms with van der Waals surface area (Å²) in [6, 6.07) is 10.3. The summed E-state index contributed by atoms with van der Waals surface area (Å²) >= 11 is 0. The maximum absolute atomic E-state index is 12.6. The van der Waals surface area contributed by atoms with Crippen LogP contribution in [-0.4, -0.2) is 51.1 Å². The van der Waals surface area contributed by atoms with Crippen molar-refractivity contribution < 1.29 is 4.79 Å². The highest BCUT2D eigenvalue weighted by atomic mass is 16.2. The number of nitrogens with zero attached hydrogens (tertiary/aromatic N) is 4. The molecule has 0 unspecified atom stereocenters. The Hall–Kier alpha value is -2.60. The summed E-state index contributed by atoms with van der Waals surface area (Å²) in [6.07, 6.45) is 5.70. The van der Waals surface area contributed by atoms with Crippen LogP contribution in [0.4, 0.5) is 0 Å². The Labute approximate surface area is 147 Å². The third-order valence-electron chi connectivity index (χ3n) is 5.08. The number of imidazole rings is 1. The SMILES string of the molecule is CN1C[C@@H](NC(=O)Cn2ccc3ccccc32)[C@H](c2cncn2C)C1. The predicted octanol–water partition coefficient (Wildman–Crippen LogP) is 1.59. The molecular weight excluding hydrogens is 314 g/mol. The minimum Gasteiger partial charge on any atom is -0.350 e. The molecule has 1 amide bonds. The van der Waals surface area contributed by atoms with Crippen LogP contribution in [0.1, 0.15) is 11.6 Å². The number of hydrogen-bond acceptors (Lipinski definition) is 3. The normalized spacial score (nSPS) is 21.0. The van der Waals surface area contributed by atoms with Crippen molar-refractivity contribution in [2.75, 3.05) is 20.1 Å². The molecule has 1 aliphatic heterocycles. The Kier molecular flexibility index (Phi) is 4.05. The number of carbonyl (C=O) groups is 1. The lowest BCUT2D eigenvalue weighted by Crippen LogP contribution is -2.41. The van der Waals surface area contributed by atoms with Crippen LogP contribution in [-0.2, 0) is 18.4 Å². The van der Waals surface area contributed by atoms with E-state index < -0.39 is 0 Å². The minimum absolute atomic E-state index is 0.0498. The number of benzene rings is 1. The fourth-order valence-electron chi connectivity index (χ4n) is 3.86. The van der Waals surface area contributed by atoms with E-state index in [2.05, 4.69) is 28.3 Å². The van der Waals surface area contributed by atoms with E-state index in [1.807, 2.05) is 59.2 Å². The minimum atomic E-state index is 0.0498. The van der Waals surface area contributed by atoms with Gasteiger partial charge in [0.15, 0.2) is 0 Å². The van der Waals surface area contributed by atoms with Gasteiger partial charge in [0.2, 0.25) is 5.91 Å². The molecule has 1 aromatic carbocycles. The smallest absolute Gasteiger partial charge is 0.240 e. The number of para-hydroxylation sites is 1. The number of rotatable bonds is 4. The van der Waals surface area contributed by atoms with Crippen LogP contribution in [0.2, 0.25) is 0 Å². The van der Waals surface area contributed by atoms with Crippen LogP contribution in [0.5, 0.6) is 0 Å². The number of fused-ring (bicyclic) bond motifs is 1. The first-order chi connectivity index (χ1) is 12.1. The van der Waals surface area contributed by atoms with Crippen molar-refractivity contribution in [1.29, 1.82) is 0 Å². The molecule has 1 saturated heterocycles. The van der Waals surface area contributed by atoms with E-state index in [4.69, 9.17) is 0 Å².